The number of rotatable bonds is 3. The SMILES string of the molecule is O=C(O)NCCn1cnc2cc(Br)ccc2c1=O. The van der Waals surface area contributed by atoms with E-state index in [0.717, 1.165) is 4.47 Å². The summed E-state index contributed by atoms with van der Waals surface area (Å²) < 4.78 is 2.24. The van der Waals surface area contributed by atoms with Gasteiger partial charge in [-0.05, 0) is 18.2 Å². The Morgan fingerprint density at radius 3 is 3.00 bits per heavy atom. The number of carbonyl (C=O) groups is 1. The molecule has 0 aliphatic heterocycles. The van der Waals surface area contributed by atoms with Gasteiger partial charge < -0.3 is 10.4 Å². The molecule has 0 radical (unpaired) electrons. The summed E-state index contributed by atoms with van der Waals surface area (Å²) in [6.45, 7) is 0.420. The molecule has 0 saturated carbocycles. The quantitative estimate of drug-likeness (QED) is 0.898. The Labute approximate surface area is 110 Å². The third-order valence-electron chi connectivity index (χ3n) is 2.42. The molecule has 6 nitrogen and oxygen atoms in total. The van der Waals surface area contributed by atoms with E-state index in [1.165, 1.54) is 10.9 Å². The second-order valence-electron chi connectivity index (χ2n) is 3.64. The van der Waals surface area contributed by atoms with Gasteiger partial charge in [0.05, 0.1) is 17.2 Å². The Kier molecular flexibility index (Phi) is 3.61. The largest absolute Gasteiger partial charge is 0.465 e. The fraction of sp³-hybridized carbons (Fsp3) is 0.182. The van der Waals surface area contributed by atoms with E-state index in [2.05, 4.69) is 26.2 Å². The van der Waals surface area contributed by atoms with Crippen molar-refractivity contribution in [2.75, 3.05) is 6.54 Å². The average molecular weight is 312 g/mol. The maximum absolute atomic E-state index is 12.0. The van der Waals surface area contributed by atoms with Gasteiger partial charge in [-0.3, -0.25) is 9.36 Å². The normalized spacial score (nSPS) is 10.5. The second kappa shape index (κ2) is 5.18. The summed E-state index contributed by atoms with van der Waals surface area (Å²) in [5.41, 5.74) is 0.427. The molecule has 0 saturated heterocycles. The molecule has 0 unspecified atom stereocenters. The van der Waals surface area contributed by atoms with E-state index >= 15 is 0 Å². The Balaban J connectivity index is 2.30. The van der Waals surface area contributed by atoms with Gasteiger partial charge in [-0.2, -0.15) is 0 Å². The lowest BCUT2D eigenvalue weighted by atomic mass is 10.2. The van der Waals surface area contributed by atoms with Gasteiger partial charge in [0.1, 0.15) is 0 Å². The van der Waals surface area contributed by atoms with Gasteiger partial charge in [0.15, 0.2) is 0 Å². The van der Waals surface area contributed by atoms with Crippen molar-refractivity contribution in [2.24, 2.45) is 0 Å². The Morgan fingerprint density at radius 1 is 1.50 bits per heavy atom. The van der Waals surface area contributed by atoms with E-state index in [4.69, 9.17) is 5.11 Å². The van der Waals surface area contributed by atoms with Crippen LogP contribution in [0.25, 0.3) is 10.9 Å². The van der Waals surface area contributed by atoms with Gasteiger partial charge in [0, 0.05) is 17.6 Å². The van der Waals surface area contributed by atoms with Crippen molar-refractivity contribution in [3.63, 3.8) is 0 Å². The predicted molar refractivity (Wildman–Crippen MR) is 69.7 cm³/mol. The van der Waals surface area contributed by atoms with E-state index < -0.39 is 6.09 Å². The number of nitrogens with zero attached hydrogens (tertiary/aromatic N) is 2. The molecule has 0 aliphatic carbocycles. The molecule has 0 fully saturated rings. The summed E-state index contributed by atoms with van der Waals surface area (Å²) in [7, 11) is 0. The standard InChI is InChI=1S/C11H10BrN3O3/c12-7-1-2-8-9(5-7)14-6-15(10(8)16)4-3-13-11(17)18/h1-2,5-6,13H,3-4H2,(H,17,18). The molecule has 0 aliphatic rings. The van der Waals surface area contributed by atoms with Gasteiger partial charge in [-0.1, -0.05) is 15.9 Å². The highest BCUT2D eigenvalue weighted by molar-refractivity contribution is 9.10. The van der Waals surface area contributed by atoms with Gasteiger partial charge >= 0.3 is 6.09 Å². The predicted octanol–water partition coefficient (Wildman–Crippen LogP) is 1.43. The average Bonchev–Trinajstić information content (AvgIpc) is 2.31. The van der Waals surface area contributed by atoms with Crippen molar-refractivity contribution >= 4 is 32.9 Å². The molecule has 2 N–H and O–H groups in total. The molecule has 0 atom stereocenters. The van der Waals surface area contributed by atoms with Gasteiger partial charge in [-0.15, -0.1) is 0 Å². The van der Waals surface area contributed by atoms with Crippen LogP contribution in [0, 0.1) is 0 Å². The highest BCUT2D eigenvalue weighted by Crippen LogP contribution is 2.14. The van der Waals surface area contributed by atoms with E-state index in [1.54, 1.807) is 18.2 Å². The van der Waals surface area contributed by atoms with Crippen LogP contribution in [-0.2, 0) is 6.54 Å². The van der Waals surface area contributed by atoms with Crippen LogP contribution in [0.4, 0.5) is 4.79 Å². The first-order chi connectivity index (χ1) is 8.58. The zero-order valence-electron chi connectivity index (χ0n) is 9.26. The number of amides is 1. The summed E-state index contributed by atoms with van der Waals surface area (Å²) in [5.74, 6) is 0. The van der Waals surface area contributed by atoms with E-state index in [0.29, 0.717) is 10.9 Å². The van der Waals surface area contributed by atoms with Gasteiger partial charge in [0.25, 0.3) is 5.56 Å². The first kappa shape index (κ1) is 12.6. The lowest BCUT2D eigenvalue weighted by Crippen LogP contribution is -2.29. The first-order valence-corrected chi connectivity index (χ1v) is 5.99. The van der Waals surface area contributed by atoms with Gasteiger partial charge in [0.2, 0.25) is 0 Å². The number of hydrogen-bond acceptors (Lipinski definition) is 3. The highest BCUT2D eigenvalue weighted by atomic mass is 79.9. The Hall–Kier alpha value is -1.89. The van der Waals surface area contributed by atoms with Crippen molar-refractivity contribution in [1.82, 2.24) is 14.9 Å². The number of nitrogens with one attached hydrogen (secondary N) is 1. The van der Waals surface area contributed by atoms with Crippen LogP contribution < -0.4 is 10.9 Å². The minimum absolute atomic E-state index is 0.166. The molecular formula is C11H10BrN3O3. The fourth-order valence-corrected chi connectivity index (χ4v) is 1.92. The Bertz CT molecular complexity index is 654. The molecule has 1 aromatic carbocycles. The minimum Gasteiger partial charge on any atom is -0.465 e. The molecule has 1 amide bonds. The number of hydrogen-bond donors (Lipinski definition) is 2. The Morgan fingerprint density at radius 2 is 2.28 bits per heavy atom. The van der Waals surface area contributed by atoms with Crippen molar-refractivity contribution in [2.45, 2.75) is 6.54 Å². The van der Waals surface area contributed by atoms with Crippen LogP contribution in [-0.4, -0.2) is 27.3 Å². The highest BCUT2D eigenvalue weighted by Gasteiger charge is 2.04. The molecule has 1 heterocycles. The number of aromatic nitrogens is 2. The van der Waals surface area contributed by atoms with E-state index in [-0.39, 0.29) is 18.6 Å². The molecule has 2 rings (SSSR count). The summed E-state index contributed by atoms with van der Waals surface area (Å²) in [6.07, 6.45) is 0.307. The molecule has 0 bridgehead atoms. The molecule has 2 aromatic rings. The van der Waals surface area contributed by atoms with Crippen LogP contribution in [0.5, 0.6) is 0 Å². The summed E-state index contributed by atoms with van der Waals surface area (Å²) in [5, 5.41) is 11.2. The van der Waals surface area contributed by atoms with Gasteiger partial charge in [-0.25, -0.2) is 9.78 Å². The van der Waals surface area contributed by atoms with Crippen LogP contribution in [0.2, 0.25) is 0 Å². The number of halogens is 1. The first-order valence-electron chi connectivity index (χ1n) is 5.19. The topological polar surface area (TPSA) is 84.2 Å². The minimum atomic E-state index is -1.11. The summed E-state index contributed by atoms with van der Waals surface area (Å²) >= 11 is 3.31. The van der Waals surface area contributed by atoms with Crippen molar-refractivity contribution < 1.29 is 9.90 Å². The lowest BCUT2D eigenvalue weighted by Gasteiger charge is -2.06. The molecule has 94 valence electrons. The molecule has 0 spiro atoms. The summed E-state index contributed by atoms with van der Waals surface area (Å²) in [6, 6.07) is 5.22. The number of fused-ring (bicyclic) bond motifs is 1. The third-order valence-corrected chi connectivity index (χ3v) is 2.91. The second-order valence-corrected chi connectivity index (χ2v) is 4.55. The molecular weight excluding hydrogens is 302 g/mol. The van der Waals surface area contributed by atoms with Crippen molar-refractivity contribution in [3.8, 4) is 0 Å². The van der Waals surface area contributed by atoms with Crippen LogP contribution in [0.15, 0.2) is 33.8 Å². The smallest absolute Gasteiger partial charge is 0.404 e. The van der Waals surface area contributed by atoms with E-state index in [9.17, 15) is 9.59 Å². The zero-order chi connectivity index (χ0) is 13.1. The van der Waals surface area contributed by atoms with Crippen molar-refractivity contribution in [1.29, 1.82) is 0 Å². The maximum atomic E-state index is 12.0. The number of benzene rings is 1. The number of carboxylic acid groups (broad SMARTS) is 1. The molecule has 1 aromatic heterocycles. The third kappa shape index (κ3) is 2.67. The fourth-order valence-electron chi connectivity index (χ4n) is 1.57. The van der Waals surface area contributed by atoms with Crippen LogP contribution in [0.1, 0.15) is 0 Å². The maximum Gasteiger partial charge on any atom is 0.404 e. The van der Waals surface area contributed by atoms with Crippen molar-refractivity contribution in [3.05, 3.63) is 39.4 Å². The lowest BCUT2D eigenvalue weighted by molar-refractivity contribution is 0.194. The summed E-state index contributed by atoms with van der Waals surface area (Å²) in [4.78, 5) is 26.5. The monoisotopic (exact) mass is 311 g/mol. The molecule has 18 heavy (non-hydrogen) atoms. The zero-order valence-corrected chi connectivity index (χ0v) is 10.8. The van der Waals surface area contributed by atoms with Crippen LogP contribution >= 0.6 is 15.9 Å². The van der Waals surface area contributed by atoms with Crippen LogP contribution in [0.3, 0.4) is 0 Å². The van der Waals surface area contributed by atoms with E-state index in [1.807, 2.05) is 0 Å². The molecule has 7 heteroatoms.